The highest BCUT2D eigenvalue weighted by molar-refractivity contribution is 5.54. The van der Waals surface area contributed by atoms with E-state index in [1.165, 1.54) is 0 Å². The van der Waals surface area contributed by atoms with Crippen LogP contribution in [-0.4, -0.2) is 9.97 Å². The predicted octanol–water partition coefficient (Wildman–Crippen LogP) is 4.18. The van der Waals surface area contributed by atoms with Crippen LogP contribution in [0.5, 0.6) is 0 Å². The van der Waals surface area contributed by atoms with E-state index in [0.29, 0.717) is 0 Å². The van der Waals surface area contributed by atoms with Crippen molar-refractivity contribution in [3.05, 3.63) is 47.8 Å². The molecule has 0 amide bonds. The molecular formula is C12H6F6N2. The molecule has 2 aromatic heterocycles. The van der Waals surface area contributed by atoms with Crippen molar-refractivity contribution in [2.75, 3.05) is 0 Å². The smallest absolute Gasteiger partial charge is 0.242 e. The summed E-state index contributed by atoms with van der Waals surface area (Å²) < 4.78 is 74.9. The molecule has 0 aliphatic heterocycles. The van der Waals surface area contributed by atoms with Gasteiger partial charge in [0.1, 0.15) is 11.4 Å². The van der Waals surface area contributed by atoms with Gasteiger partial charge >= 0.3 is 12.4 Å². The molecule has 106 valence electrons. The van der Waals surface area contributed by atoms with Gasteiger partial charge in [0.15, 0.2) is 0 Å². The highest BCUT2D eigenvalue weighted by Gasteiger charge is 2.34. The number of rotatable bonds is 1. The van der Waals surface area contributed by atoms with Gasteiger partial charge in [-0.05, 0) is 24.3 Å². The lowest BCUT2D eigenvalue weighted by Gasteiger charge is -2.09. The lowest BCUT2D eigenvalue weighted by Crippen LogP contribution is -2.10. The van der Waals surface area contributed by atoms with Gasteiger partial charge < -0.3 is 0 Å². The zero-order chi connectivity index (χ0) is 15.0. The lowest BCUT2D eigenvalue weighted by molar-refractivity contribution is -0.142. The molecule has 0 bridgehead atoms. The average molecular weight is 292 g/mol. The maximum absolute atomic E-state index is 12.5. The van der Waals surface area contributed by atoms with E-state index >= 15 is 0 Å². The van der Waals surface area contributed by atoms with Gasteiger partial charge in [0.25, 0.3) is 0 Å². The number of aromatic nitrogens is 2. The standard InChI is InChI=1S/C12H6F6N2/c13-11(14,15)9-5-1-3-7(19-9)8-4-2-6-10(20-8)12(16,17)18/h1-6H. The number of hydrogen-bond acceptors (Lipinski definition) is 2. The predicted molar refractivity (Wildman–Crippen MR) is 57.5 cm³/mol. The van der Waals surface area contributed by atoms with E-state index in [4.69, 9.17) is 0 Å². The van der Waals surface area contributed by atoms with Crippen molar-refractivity contribution in [3.63, 3.8) is 0 Å². The third-order valence-electron chi connectivity index (χ3n) is 2.34. The molecule has 0 saturated carbocycles. The Morgan fingerprint density at radius 2 is 0.950 bits per heavy atom. The summed E-state index contributed by atoms with van der Waals surface area (Å²) in [6, 6.07) is 5.92. The zero-order valence-corrected chi connectivity index (χ0v) is 9.63. The van der Waals surface area contributed by atoms with Gasteiger partial charge in [-0.3, -0.25) is 0 Å². The molecule has 0 unspecified atom stereocenters. The Balaban J connectivity index is 2.47. The normalized spacial score (nSPS) is 12.5. The highest BCUT2D eigenvalue weighted by atomic mass is 19.4. The Morgan fingerprint density at radius 3 is 1.25 bits per heavy atom. The van der Waals surface area contributed by atoms with Crippen molar-refractivity contribution >= 4 is 0 Å². The van der Waals surface area contributed by atoms with Crippen LogP contribution in [0.25, 0.3) is 11.4 Å². The fourth-order valence-electron chi connectivity index (χ4n) is 1.47. The van der Waals surface area contributed by atoms with Crippen LogP contribution in [0.3, 0.4) is 0 Å². The summed E-state index contributed by atoms with van der Waals surface area (Å²) in [4.78, 5) is 6.57. The van der Waals surface area contributed by atoms with Crippen molar-refractivity contribution in [2.24, 2.45) is 0 Å². The van der Waals surface area contributed by atoms with Crippen LogP contribution in [0.1, 0.15) is 11.4 Å². The molecule has 0 atom stereocenters. The van der Waals surface area contributed by atoms with E-state index in [0.717, 1.165) is 36.4 Å². The quantitative estimate of drug-likeness (QED) is 0.737. The second-order valence-electron chi connectivity index (χ2n) is 3.81. The Kier molecular flexibility index (Phi) is 3.41. The molecule has 0 fully saturated rings. The Bertz CT molecular complexity index is 562. The van der Waals surface area contributed by atoms with Gasteiger partial charge in [-0.2, -0.15) is 26.3 Å². The molecule has 0 N–H and O–H groups in total. The average Bonchev–Trinajstić information content (AvgIpc) is 2.37. The van der Waals surface area contributed by atoms with Crippen LogP contribution < -0.4 is 0 Å². The maximum Gasteiger partial charge on any atom is 0.433 e. The van der Waals surface area contributed by atoms with Gasteiger partial charge in [-0.25, -0.2) is 9.97 Å². The summed E-state index contributed by atoms with van der Waals surface area (Å²) in [6.07, 6.45) is -9.34. The number of halogens is 6. The van der Waals surface area contributed by atoms with Crippen LogP contribution in [0, 0.1) is 0 Å². The fraction of sp³-hybridized carbons (Fsp3) is 0.167. The van der Waals surface area contributed by atoms with Crippen molar-refractivity contribution in [2.45, 2.75) is 12.4 Å². The molecule has 0 aromatic carbocycles. The van der Waals surface area contributed by atoms with Crippen LogP contribution in [0.15, 0.2) is 36.4 Å². The van der Waals surface area contributed by atoms with Crippen LogP contribution in [-0.2, 0) is 12.4 Å². The molecule has 0 aliphatic rings. The first-order valence-electron chi connectivity index (χ1n) is 5.27. The van der Waals surface area contributed by atoms with Gasteiger partial charge in [-0.15, -0.1) is 0 Å². The van der Waals surface area contributed by atoms with Gasteiger partial charge in [-0.1, -0.05) is 12.1 Å². The van der Waals surface area contributed by atoms with Crippen molar-refractivity contribution < 1.29 is 26.3 Å². The first kappa shape index (κ1) is 14.3. The van der Waals surface area contributed by atoms with Gasteiger partial charge in [0.2, 0.25) is 0 Å². The minimum absolute atomic E-state index is 0.272. The fourth-order valence-corrected chi connectivity index (χ4v) is 1.47. The molecule has 20 heavy (non-hydrogen) atoms. The van der Waals surface area contributed by atoms with Crippen LogP contribution in [0.4, 0.5) is 26.3 Å². The van der Waals surface area contributed by atoms with E-state index in [-0.39, 0.29) is 11.4 Å². The Hall–Kier alpha value is -2.12. The number of alkyl halides is 6. The summed E-state index contributed by atoms with van der Waals surface area (Å²) in [6.45, 7) is 0. The highest BCUT2D eigenvalue weighted by Crippen LogP contribution is 2.31. The Labute approximate surface area is 109 Å². The first-order valence-corrected chi connectivity index (χ1v) is 5.27. The van der Waals surface area contributed by atoms with E-state index in [1.807, 2.05) is 0 Å². The molecule has 0 aliphatic carbocycles. The molecule has 0 spiro atoms. The van der Waals surface area contributed by atoms with E-state index < -0.39 is 23.7 Å². The van der Waals surface area contributed by atoms with Crippen LogP contribution in [0.2, 0.25) is 0 Å². The van der Waals surface area contributed by atoms with Crippen molar-refractivity contribution in [1.29, 1.82) is 0 Å². The van der Waals surface area contributed by atoms with Crippen molar-refractivity contribution in [1.82, 2.24) is 9.97 Å². The second kappa shape index (κ2) is 4.77. The third kappa shape index (κ3) is 3.06. The first-order chi connectivity index (χ1) is 9.18. The molecule has 8 heteroatoms. The summed E-state index contributed by atoms with van der Waals surface area (Å²) in [7, 11) is 0. The maximum atomic E-state index is 12.5. The summed E-state index contributed by atoms with van der Waals surface area (Å²) in [5.74, 6) is 0. The second-order valence-corrected chi connectivity index (χ2v) is 3.81. The molecule has 0 saturated heterocycles. The summed E-state index contributed by atoms with van der Waals surface area (Å²) in [5.41, 5.74) is -2.92. The lowest BCUT2D eigenvalue weighted by atomic mass is 10.2. The topological polar surface area (TPSA) is 25.8 Å². The number of pyridine rings is 2. The molecule has 2 nitrogen and oxygen atoms in total. The van der Waals surface area contributed by atoms with Crippen molar-refractivity contribution in [3.8, 4) is 11.4 Å². The molecule has 2 aromatic rings. The molecular weight excluding hydrogens is 286 g/mol. The van der Waals surface area contributed by atoms with Crippen LogP contribution >= 0.6 is 0 Å². The SMILES string of the molecule is FC(F)(F)c1cccc(-c2cccc(C(F)(F)F)n2)n1. The summed E-state index contributed by atoms with van der Waals surface area (Å²) >= 11 is 0. The Morgan fingerprint density at radius 1 is 0.600 bits per heavy atom. The van der Waals surface area contributed by atoms with E-state index in [2.05, 4.69) is 9.97 Å². The zero-order valence-electron chi connectivity index (χ0n) is 9.63. The largest absolute Gasteiger partial charge is 0.433 e. The monoisotopic (exact) mass is 292 g/mol. The molecule has 2 rings (SSSR count). The minimum atomic E-state index is -4.67. The van der Waals surface area contributed by atoms with Gasteiger partial charge in [0, 0.05) is 0 Å². The van der Waals surface area contributed by atoms with E-state index in [1.54, 1.807) is 0 Å². The van der Waals surface area contributed by atoms with Gasteiger partial charge in [0.05, 0.1) is 11.4 Å². The summed E-state index contributed by atoms with van der Waals surface area (Å²) in [5, 5.41) is 0. The third-order valence-corrected chi connectivity index (χ3v) is 2.34. The number of hydrogen-bond donors (Lipinski definition) is 0. The number of nitrogens with zero attached hydrogens (tertiary/aromatic N) is 2. The minimum Gasteiger partial charge on any atom is -0.242 e. The van der Waals surface area contributed by atoms with E-state index in [9.17, 15) is 26.3 Å². The molecule has 2 heterocycles. The molecule has 0 radical (unpaired) electrons.